The third kappa shape index (κ3) is 5.11. The third-order valence-corrected chi connectivity index (χ3v) is 4.37. The maximum absolute atomic E-state index is 12.6. The second kappa shape index (κ2) is 8.74. The molecular weight excluding hydrogens is 318 g/mol. The quantitative estimate of drug-likeness (QED) is 0.907. The summed E-state index contributed by atoms with van der Waals surface area (Å²) in [7, 11) is 3.41. The number of nitrogens with one attached hydrogen (secondary N) is 1. The van der Waals surface area contributed by atoms with E-state index in [1.54, 1.807) is 32.3 Å². The standard InChI is InChI=1S/C19H29N3O3/c1-5-25-17-12-15(18(23)21(3)4)9-10-16(17)20-19(24)22-11-7-6-8-14(2)13-22/h9-10,12,14H,5-8,11,13H2,1-4H3,(H,20,24)/t14-/m1/s1. The van der Waals surface area contributed by atoms with Gasteiger partial charge in [-0.15, -0.1) is 0 Å². The highest BCUT2D eigenvalue weighted by molar-refractivity contribution is 5.96. The number of benzene rings is 1. The summed E-state index contributed by atoms with van der Waals surface area (Å²) in [6.45, 7) is 6.06. The third-order valence-electron chi connectivity index (χ3n) is 4.37. The molecule has 3 amide bonds. The summed E-state index contributed by atoms with van der Waals surface area (Å²) in [4.78, 5) is 28.1. The number of hydrogen-bond acceptors (Lipinski definition) is 3. The van der Waals surface area contributed by atoms with Crippen LogP contribution in [-0.2, 0) is 0 Å². The van der Waals surface area contributed by atoms with Gasteiger partial charge in [0, 0.05) is 32.7 Å². The van der Waals surface area contributed by atoms with E-state index in [0.717, 1.165) is 32.4 Å². The predicted octanol–water partition coefficient (Wildman–Crippen LogP) is 3.44. The number of amides is 3. The van der Waals surface area contributed by atoms with Crippen LogP contribution in [0.5, 0.6) is 5.75 Å². The molecule has 1 aromatic rings. The summed E-state index contributed by atoms with van der Waals surface area (Å²) in [5.74, 6) is 0.936. The zero-order valence-electron chi connectivity index (χ0n) is 15.7. The minimum atomic E-state index is -0.110. The molecule has 0 saturated carbocycles. The number of likely N-dealkylation sites (tertiary alicyclic amines) is 1. The van der Waals surface area contributed by atoms with Crippen LogP contribution in [0.1, 0.15) is 43.5 Å². The van der Waals surface area contributed by atoms with Crippen LogP contribution in [0.3, 0.4) is 0 Å². The van der Waals surface area contributed by atoms with Crippen LogP contribution >= 0.6 is 0 Å². The lowest BCUT2D eigenvalue weighted by Gasteiger charge is -2.24. The molecule has 0 aliphatic carbocycles. The Morgan fingerprint density at radius 1 is 1.32 bits per heavy atom. The lowest BCUT2D eigenvalue weighted by Crippen LogP contribution is -2.37. The maximum Gasteiger partial charge on any atom is 0.321 e. The fourth-order valence-electron chi connectivity index (χ4n) is 3.02. The summed E-state index contributed by atoms with van der Waals surface area (Å²) in [6.07, 6.45) is 3.36. The average molecular weight is 347 g/mol. The van der Waals surface area contributed by atoms with Gasteiger partial charge in [-0.1, -0.05) is 13.3 Å². The van der Waals surface area contributed by atoms with Crippen LogP contribution in [0.15, 0.2) is 18.2 Å². The summed E-state index contributed by atoms with van der Waals surface area (Å²) in [6, 6.07) is 5.03. The van der Waals surface area contributed by atoms with Gasteiger partial charge in [-0.05, 0) is 43.9 Å². The minimum absolute atomic E-state index is 0.0971. The summed E-state index contributed by atoms with van der Waals surface area (Å²) >= 11 is 0. The van der Waals surface area contributed by atoms with Crippen LogP contribution < -0.4 is 10.1 Å². The summed E-state index contributed by atoms with van der Waals surface area (Å²) in [5, 5.41) is 2.95. The molecule has 1 aliphatic heterocycles. The number of hydrogen-bond donors (Lipinski definition) is 1. The lowest BCUT2D eigenvalue weighted by molar-refractivity contribution is 0.0827. The number of rotatable bonds is 4. The fraction of sp³-hybridized carbons (Fsp3) is 0.579. The van der Waals surface area contributed by atoms with Crippen LogP contribution in [0.2, 0.25) is 0 Å². The van der Waals surface area contributed by atoms with Gasteiger partial charge in [0.15, 0.2) is 0 Å². The molecular formula is C19H29N3O3. The zero-order valence-corrected chi connectivity index (χ0v) is 15.7. The van der Waals surface area contributed by atoms with Gasteiger partial charge in [-0.2, -0.15) is 0 Å². The number of anilines is 1. The smallest absolute Gasteiger partial charge is 0.321 e. The van der Waals surface area contributed by atoms with Gasteiger partial charge in [-0.3, -0.25) is 4.79 Å². The molecule has 1 heterocycles. The SMILES string of the molecule is CCOc1cc(C(=O)N(C)C)ccc1NC(=O)N1CCCC[C@@H](C)C1. The zero-order chi connectivity index (χ0) is 18.4. The Kier molecular flexibility index (Phi) is 6.67. The van der Waals surface area contributed by atoms with Crippen LogP contribution in [0, 0.1) is 5.92 Å². The van der Waals surface area contributed by atoms with Crippen molar-refractivity contribution >= 4 is 17.6 Å². The number of ether oxygens (including phenoxy) is 1. The van der Waals surface area contributed by atoms with Crippen LogP contribution in [0.25, 0.3) is 0 Å². The average Bonchev–Trinajstić information content (AvgIpc) is 2.80. The minimum Gasteiger partial charge on any atom is -0.492 e. The van der Waals surface area contributed by atoms with Crippen molar-refractivity contribution < 1.29 is 14.3 Å². The van der Waals surface area contributed by atoms with E-state index in [9.17, 15) is 9.59 Å². The van der Waals surface area contributed by atoms with Gasteiger partial charge in [0.2, 0.25) is 0 Å². The molecule has 6 heteroatoms. The number of carbonyl (C=O) groups excluding carboxylic acids is 2. The number of nitrogens with zero attached hydrogens (tertiary/aromatic N) is 2. The first-order valence-electron chi connectivity index (χ1n) is 8.96. The van der Waals surface area contributed by atoms with Gasteiger partial charge in [-0.25, -0.2) is 4.79 Å². The largest absolute Gasteiger partial charge is 0.492 e. The van der Waals surface area contributed by atoms with Crippen molar-refractivity contribution in [1.29, 1.82) is 0 Å². The summed E-state index contributed by atoms with van der Waals surface area (Å²) < 4.78 is 5.64. The van der Waals surface area contributed by atoms with E-state index in [0.29, 0.717) is 29.5 Å². The van der Waals surface area contributed by atoms with E-state index in [-0.39, 0.29) is 11.9 Å². The van der Waals surface area contributed by atoms with Gasteiger partial charge < -0.3 is 19.9 Å². The highest BCUT2D eigenvalue weighted by Crippen LogP contribution is 2.27. The van der Waals surface area contributed by atoms with E-state index in [1.807, 2.05) is 11.8 Å². The second-order valence-electron chi connectivity index (χ2n) is 6.82. The Morgan fingerprint density at radius 3 is 2.76 bits per heavy atom. The molecule has 6 nitrogen and oxygen atoms in total. The van der Waals surface area contributed by atoms with E-state index in [1.165, 1.54) is 4.90 Å². The molecule has 1 N–H and O–H groups in total. The van der Waals surface area contributed by atoms with Crippen molar-refractivity contribution in [2.75, 3.05) is 39.1 Å². The molecule has 0 radical (unpaired) electrons. The molecule has 1 aliphatic rings. The second-order valence-corrected chi connectivity index (χ2v) is 6.82. The molecule has 138 valence electrons. The van der Waals surface area contributed by atoms with E-state index >= 15 is 0 Å². The molecule has 0 unspecified atom stereocenters. The van der Waals surface area contributed by atoms with Crippen molar-refractivity contribution in [3.05, 3.63) is 23.8 Å². The van der Waals surface area contributed by atoms with E-state index in [4.69, 9.17) is 4.74 Å². The first kappa shape index (κ1) is 19.1. The molecule has 1 fully saturated rings. The molecule has 0 aromatic heterocycles. The highest BCUT2D eigenvalue weighted by atomic mass is 16.5. The fourth-order valence-corrected chi connectivity index (χ4v) is 3.02. The highest BCUT2D eigenvalue weighted by Gasteiger charge is 2.21. The molecule has 1 atom stereocenters. The number of urea groups is 1. The van der Waals surface area contributed by atoms with Gasteiger partial charge in [0.1, 0.15) is 5.75 Å². The van der Waals surface area contributed by atoms with E-state index in [2.05, 4.69) is 12.2 Å². The Hall–Kier alpha value is -2.24. The first-order chi connectivity index (χ1) is 11.9. The Bertz CT molecular complexity index is 616. The lowest BCUT2D eigenvalue weighted by atomic mass is 10.1. The Labute approximate surface area is 150 Å². The molecule has 25 heavy (non-hydrogen) atoms. The molecule has 1 saturated heterocycles. The van der Waals surface area contributed by atoms with Crippen molar-refractivity contribution in [2.24, 2.45) is 5.92 Å². The Morgan fingerprint density at radius 2 is 2.08 bits per heavy atom. The number of carbonyl (C=O) groups is 2. The predicted molar refractivity (Wildman–Crippen MR) is 99.2 cm³/mol. The Balaban J connectivity index is 2.17. The maximum atomic E-state index is 12.6. The van der Waals surface area contributed by atoms with Gasteiger partial charge >= 0.3 is 6.03 Å². The van der Waals surface area contributed by atoms with Crippen LogP contribution in [-0.4, -0.2) is 55.5 Å². The van der Waals surface area contributed by atoms with Crippen molar-refractivity contribution in [1.82, 2.24) is 9.80 Å². The van der Waals surface area contributed by atoms with Crippen molar-refractivity contribution in [2.45, 2.75) is 33.1 Å². The topological polar surface area (TPSA) is 61.9 Å². The molecule has 2 rings (SSSR count). The monoisotopic (exact) mass is 347 g/mol. The van der Waals surface area contributed by atoms with Gasteiger partial charge in [0.05, 0.1) is 12.3 Å². The molecule has 0 spiro atoms. The molecule has 0 bridgehead atoms. The molecule has 1 aromatic carbocycles. The summed E-state index contributed by atoms with van der Waals surface area (Å²) in [5.41, 5.74) is 1.13. The first-order valence-corrected chi connectivity index (χ1v) is 8.96. The normalized spacial score (nSPS) is 17.6. The van der Waals surface area contributed by atoms with Crippen molar-refractivity contribution in [3.63, 3.8) is 0 Å². The van der Waals surface area contributed by atoms with E-state index < -0.39 is 0 Å². The van der Waals surface area contributed by atoms with Gasteiger partial charge in [0.25, 0.3) is 5.91 Å². The van der Waals surface area contributed by atoms with Crippen molar-refractivity contribution in [3.8, 4) is 5.75 Å². The van der Waals surface area contributed by atoms with Crippen LogP contribution in [0.4, 0.5) is 10.5 Å².